The molecular weight excluding hydrogens is 307 g/mol. The number of carbonyl (C=O) groups is 2. The SMILES string of the molecule is C[C@H]1[C@H](C)CCC[C@@H]1NC(=O)[C@@H]1CC(=O)N(c2ccccc2F)C1. The van der Waals surface area contributed by atoms with E-state index in [2.05, 4.69) is 19.2 Å². The molecule has 1 N–H and O–H groups in total. The Labute approximate surface area is 142 Å². The molecule has 1 aliphatic heterocycles. The van der Waals surface area contributed by atoms with Crippen LogP contribution in [0.1, 0.15) is 39.5 Å². The number of hydrogen-bond acceptors (Lipinski definition) is 2. The molecule has 0 radical (unpaired) electrons. The Morgan fingerprint density at radius 2 is 2.00 bits per heavy atom. The van der Waals surface area contributed by atoms with Crippen LogP contribution in [0.4, 0.5) is 10.1 Å². The number of para-hydroxylation sites is 1. The van der Waals surface area contributed by atoms with E-state index in [1.807, 2.05) is 0 Å². The quantitative estimate of drug-likeness (QED) is 0.924. The van der Waals surface area contributed by atoms with Gasteiger partial charge in [0, 0.05) is 19.0 Å². The number of carbonyl (C=O) groups excluding carboxylic acids is 2. The molecule has 2 amide bonds. The number of hydrogen-bond donors (Lipinski definition) is 1. The van der Waals surface area contributed by atoms with Gasteiger partial charge in [0.25, 0.3) is 0 Å². The third-order valence-electron chi connectivity index (χ3n) is 5.67. The minimum Gasteiger partial charge on any atom is -0.353 e. The average molecular weight is 332 g/mol. The summed E-state index contributed by atoms with van der Waals surface area (Å²) in [6.45, 7) is 4.66. The Balaban J connectivity index is 1.65. The van der Waals surface area contributed by atoms with Gasteiger partial charge >= 0.3 is 0 Å². The number of benzene rings is 1. The predicted molar refractivity (Wildman–Crippen MR) is 91.0 cm³/mol. The minimum absolute atomic E-state index is 0.0758. The van der Waals surface area contributed by atoms with E-state index < -0.39 is 11.7 Å². The monoisotopic (exact) mass is 332 g/mol. The molecule has 1 aliphatic carbocycles. The van der Waals surface area contributed by atoms with E-state index in [1.165, 1.54) is 17.4 Å². The molecular formula is C19H25FN2O2. The first-order valence-corrected chi connectivity index (χ1v) is 8.82. The topological polar surface area (TPSA) is 49.4 Å². The normalized spacial score (nSPS) is 30.5. The third-order valence-corrected chi connectivity index (χ3v) is 5.67. The smallest absolute Gasteiger partial charge is 0.227 e. The minimum atomic E-state index is -0.429. The molecule has 5 heteroatoms. The summed E-state index contributed by atoms with van der Waals surface area (Å²) in [6.07, 6.45) is 3.48. The van der Waals surface area contributed by atoms with E-state index in [9.17, 15) is 14.0 Å². The number of nitrogens with zero attached hydrogens (tertiary/aromatic N) is 1. The van der Waals surface area contributed by atoms with E-state index in [4.69, 9.17) is 0 Å². The van der Waals surface area contributed by atoms with Crippen LogP contribution in [0.2, 0.25) is 0 Å². The zero-order chi connectivity index (χ0) is 17.3. The van der Waals surface area contributed by atoms with Crippen LogP contribution in [0.25, 0.3) is 0 Å². The van der Waals surface area contributed by atoms with Gasteiger partial charge in [0.1, 0.15) is 5.82 Å². The molecule has 0 unspecified atom stereocenters. The van der Waals surface area contributed by atoms with Crippen molar-refractivity contribution in [1.82, 2.24) is 5.32 Å². The molecule has 0 spiro atoms. The van der Waals surface area contributed by atoms with Crippen LogP contribution in [0.15, 0.2) is 24.3 Å². The highest BCUT2D eigenvalue weighted by molar-refractivity contribution is 6.00. The Morgan fingerprint density at radius 3 is 2.75 bits per heavy atom. The zero-order valence-electron chi connectivity index (χ0n) is 14.3. The summed E-state index contributed by atoms with van der Waals surface area (Å²) in [4.78, 5) is 26.2. The van der Waals surface area contributed by atoms with E-state index in [0.29, 0.717) is 11.8 Å². The third kappa shape index (κ3) is 3.30. The Hall–Kier alpha value is -1.91. The van der Waals surface area contributed by atoms with Crippen molar-refractivity contribution < 1.29 is 14.0 Å². The zero-order valence-corrected chi connectivity index (χ0v) is 14.3. The molecule has 2 aliphatic rings. The molecule has 2 fully saturated rings. The lowest BCUT2D eigenvalue weighted by molar-refractivity contribution is -0.127. The summed E-state index contributed by atoms with van der Waals surface area (Å²) in [5.74, 6) is -0.0479. The molecule has 0 bridgehead atoms. The van der Waals surface area contributed by atoms with Crippen LogP contribution >= 0.6 is 0 Å². The predicted octanol–water partition coefficient (Wildman–Crippen LogP) is 3.12. The Morgan fingerprint density at radius 1 is 1.25 bits per heavy atom. The average Bonchev–Trinajstić information content (AvgIpc) is 2.94. The highest BCUT2D eigenvalue weighted by Crippen LogP contribution is 2.31. The van der Waals surface area contributed by atoms with Crippen molar-refractivity contribution in [3.63, 3.8) is 0 Å². The maximum Gasteiger partial charge on any atom is 0.227 e. The highest BCUT2D eigenvalue weighted by Gasteiger charge is 2.38. The van der Waals surface area contributed by atoms with Gasteiger partial charge in [0.15, 0.2) is 0 Å². The number of anilines is 1. The van der Waals surface area contributed by atoms with Gasteiger partial charge in [-0.3, -0.25) is 9.59 Å². The molecule has 1 aromatic rings. The van der Waals surface area contributed by atoms with Crippen molar-refractivity contribution in [2.24, 2.45) is 17.8 Å². The summed E-state index contributed by atoms with van der Waals surface area (Å²) in [5.41, 5.74) is 0.262. The van der Waals surface area contributed by atoms with Crippen LogP contribution in [-0.4, -0.2) is 24.4 Å². The van der Waals surface area contributed by atoms with Crippen molar-refractivity contribution >= 4 is 17.5 Å². The largest absolute Gasteiger partial charge is 0.353 e. The van der Waals surface area contributed by atoms with Gasteiger partial charge in [0.05, 0.1) is 11.6 Å². The fourth-order valence-corrected chi connectivity index (χ4v) is 3.87. The first kappa shape index (κ1) is 16.9. The number of rotatable bonds is 3. The standard InChI is InChI=1S/C19H25FN2O2/c1-12-6-5-8-16(13(12)2)21-19(24)14-10-18(23)22(11-14)17-9-4-3-7-15(17)20/h3-4,7,9,12-14,16H,5-6,8,10-11H2,1-2H3,(H,21,24)/t12-,13+,14-,16+/m1/s1. The lowest BCUT2D eigenvalue weighted by Crippen LogP contribution is -2.46. The van der Waals surface area contributed by atoms with Gasteiger partial charge < -0.3 is 10.2 Å². The van der Waals surface area contributed by atoms with Crippen LogP contribution in [0.3, 0.4) is 0 Å². The first-order chi connectivity index (χ1) is 11.5. The highest BCUT2D eigenvalue weighted by atomic mass is 19.1. The van der Waals surface area contributed by atoms with E-state index in [1.54, 1.807) is 18.2 Å². The van der Waals surface area contributed by atoms with Gasteiger partial charge in [-0.1, -0.05) is 38.8 Å². The number of nitrogens with one attached hydrogen (secondary N) is 1. The molecule has 4 nitrogen and oxygen atoms in total. The molecule has 1 saturated carbocycles. The summed E-state index contributed by atoms with van der Waals surface area (Å²) in [5, 5.41) is 3.14. The number of halogens is 1. The van der Waals surface area contributed by atoms with Gasteiger partial charge in [-0.2, -0.15) is 0 Å². The molecule has 1 saturated heterocycles. The van der Waals surface area contributed by atoms with Crippen LogP contribution in [0, 0.1) is 23.6 Å². The van der Waals surface area contributed by atoms with Crippen LogP contribution < -0.4 is 10.2 Å². The van der Waals surface area contributed by atoms with Gasteiger partial charge in [0.2, 0.25) is 11.8 Å². The van der Waals surface area contributed by atoms with Crippen LogP contribution in [-0.2, 0) is 9.59 Å². The number of amides is 2. The van der Waals surface area contributed by atoms with Crippen LogP contribution in [0.5, 0.6) is 0 Å². The summed E-state index contributed by atoms with van der Waals surface area (Å²) in [7, 11) is 0. The molecule has 24 heavy (non-hydrogen) atoms. The van der Waals surface area contributed by atoms with E-state index in [-0.39, 0.29) is 36.5 Å². The maximum absolute atomic E-state index is 13.9. The summed E-state index contributed by atoms with van der Waals surface area (Å²) >= 11 is 0. The molecule has 130 valence electrons. The molecule has 3 rings (SSSR count). The van der Waals surface area contributed by atoms with E-state index in [0.717, 1.165) is 12.8 Å². The maximum atomic E-state index is 13.9. The first-order valence-electron chi connectivity index (χ1n) is 8.82. The van der Waals surface area contributed by atoms with Crippen molar-refractivity contribution in [3.05, 3.63) is 30.1 Å². The Bertz CT molecular complexity index is 634. The van der Waals surface area contributed by atoms with Crippen molar-refractivity contribution in [3.8, 4) is 0 Å². The fourth-order valence-electron chi connectivity index (χ4n) is 3.87. The summed E-state index contributed by atoms with van der Waals surface area (Å²) in [6, 6.07) is 6.39. The molecule has 1 heterocycles. The lowest BCUT2D eigenvalue weighted by atomic mass is 9.78. The fraction of sp³-hybridized carbons (Fsp3) is 0.579. The van der Waals surface area contributed by atoms with Crippen molar-refractivity contribution in [1.29, 1.82) is 0 Å². The molecule has 4 atom stereocenters. The van der Waals surface area contributed by atoms with Gasteiger partial charge in [-0.15, -0.1) is 0 Å². The second-order valence-electron chi connectivity index (χ2n) is 7.24. The van der Waals surface area contributed by atoms with E-state index >= 15 is 0 Å². The lowest BCUT2D eigenvalue weighted by Gasteiger charge is -2.35. The van der Waals surface area contributed by atoms with Gasteiger partial charge in [-0.25, -0.2) is 4.39 Å². The second-order valence-corrected chi connectivity index (χ2v) is 7.24. The van der Waals surface area contributed by atoms with Gasteiger partial charge in [-0.05, 0) is 30.4 Å². The summed E-state index contributed by atoms with van der Waals surface area (Å²) < 4.78 is 13.9. The van der Waals surface area contributed by atoms with Crippen molar-refractivity contribution in [2.75, 3.05) is 11.4 Å². The molecule has 1 aromatic carbocycles. The Kier molecular flexibility index (Phi) is 4.88. The second kappa shape index (κ2) is 6.91. The molecule has 0 aromatic heterocycles. The van der Waals surface area contributed by atoms with Crippen molar-refractivity contribution in [2.45, 2.75) is 45.6 Å².